The van der Waals surface area contributed by atoms with Gasteiger partial charge in [-0.05, 0) is 41.3 Å². The van der Waals surface area contributed by atoms with Crippen molar-refractivity contribution < 1.29 is 14.3 Å². The first kappa shape index (κ1) is 18.4. The molecule has 0 saturated carbocycles. The van der Waals surface area contributed by atoms with Gasteiger partial charge >= 0.3 is 5.97 Å². The highest BCUT2D eigenvalue weighted by molar-refractivity contribution is 5.96. The Kier molecular flexibility index (Phi) is 6.00. The number of nitrogens with one attached hydrogen (secondary N) is 1. The molecule has 0 bridgehead atoms. The first-order valence-electron chi connectivity index (χ1n) is 8.77. The number of esters is 1. The molecule has 0 fully saturated rings. The molecule has 3 aromatic rings. The smallest absolute Gasteiger partial charge is 0.325 e. The third kappa shape index (κ3) is 5.05. The zero-order chi connectivity index (χ0) is 19.1. The van der Waals surface area contributed by atoms with Gasteiger partial charge in [-0.3, -0.25) is 9.59 Å². The summed E-state index contributed by atoms with van der Waals surface area (Å²) in [5, 5.41) is 2.60. The van der Waals surface area contributed by atoms with Gasteiger partial charge in [0.15, 0.2) is 0 Å². The summed E-state index contributed by atoms with van der Waals surface area (Å²) in [6, 6.07) is 24.9. The number of hydrogen-bond acceptors (Lipinski definition) is 3. The summed E-state index contributed by atoms with van der Waals surface area (Å²) in [5.74, 6) is -0.769. The van der Waals surface area contributed by atoms with Gasteiger partial charge in [0.05, 0.1) is 0 Å². The first-order valence-corrected chi connectivity index (χ1v) is 8.77. The largest absolute Gasteiger partial charge is 0.459 e. The number of amides is 1. The van der Waals surface area contributed by atoms with Crippen LogP contribution in [-0.2, 0) is 16.1 Å². The molecule has 136 valence electrons. The minimum atomic E-state index is -0.465. The summed E-state index contributed by atoms with van der Waals surface area (Å²) >= 11 is 0. The van der Waals surface area contributed by atoms with Crippen LogP contribution in [0, 0.1) is 6.92 Å². The van der Waals surface area contributed by atoms with Crippen LogP contribution in [-0.4, -0.2) is 18.4 Å². The fraction of sp³-hybridized carbons (Fsp3) is 0.130. The van der Waals surface area contributed by atoms with Crippen LogP contribution in [0.1, 0.15) is 21.5 Å². The standard InChI is InChI=1S/C23H21NO3/c1-17-7-5-6-10-21(17)16-27-22(25)15-24-23(26)20-13-11-19(12-14-20)18-8-3-2-4-9-18/h2-14H,15-16H2,1H3,(H,24,26). The van der Waals surface area contributed by atoms with Gasteiger partial charge in [0.1, 0.15) is 13.2 Å². The lowest BCUT2D eigenvalue weighted by molar-refractivity contribution is -0.143. The molecule has 3 rings (SSSR count). The molecule has 0 radical (unpaired) electrons. The Morgan fingerprint density at radius 1 is 0.815 bits per heavy atom. The molecule has 0 heterocycles. The van der Waals surface area contributed by atoms with Gasteiger partial charge in [-0.25, -0.2) is 0 Å². The molecule has 0 atom stereocenters. The van der Waals surface area contributed by atoms with E-state index in [1.807, 2.05) is 73.7 Å². The second-order valence-corrected chi connectivity index (χ2v) is 6.21. The molecule has 27 heavy (non-hydrogen) atoms. The van der Waals surface area contributed by atoms with Crippen LogP contribution in [0.4, 0.5) is 0 Å². The van der Waals surface area contributed by atoms with Gasteiger partial charge < -0.3 is 10.1 Å². The van der Waals surface area contributed by atoms with Crippen LogP contribution in [0.15, 0.2) is 78.9 Å². The van der Waals surface area contributed by atoms with Gasteiger partial charge in [0.25, 0.3) is 5.91 Å². The number of aryl methyl sites for hydroxylation is 1. The summed E-state index contributed by atoms with van der Waals surface area (Å²) in [6.45, 7) is 2.00. The highest BCUT2D eigenvalue weighted by Crippen LogP contribution is 2.19. The van der Waals surface area contributed by atoms with Crippen LogP contribution in [0.5, 0.6) is 0 Å². The van der Waals surface area contributed by atoms with Crippen LogP contribution >= 0.6 is 0 Å². The highest BCUT2D eigenvalue weighted by Gasteiger charge is 2.10. The predicted octanol–water partition coefficient (Wildman–Crippen LogP) is 4.14. The molecule has 1 N–H and O–H groups in total. The molecular weight excluding hydrogens is 338 g/mol. The molecular formula is C23H21NO3. The Morgan fingerprint density at radius 3 is 2.15 bits per heavy atom. The Labute approximate surface area is 158 Å². The summed E-state index contributed by atoms with van der Waals surface area (Å²) < 4.78 is 5.22. The van der Waals surface area contributed by atoms with Gasteiger partial charge in [0.2, 0.25) is 0 Å². The summed E-state index contributed by atoms with van der Waals surface area (Å²) in [7, 11) is 0. The number of ether oxygens (including phenoxy) is 1. The Morgan fingerprint density at radius 2 is 1.44 bits per heavy atom. The summed E-state index contributed by atoms with van der Waals surface area (Å²) in [4.78, 5) is 24.1. The molecule has 0 aliphatic heterocycles. The Bertz CT molecular complexity index is 918. The lowest BCUT2D eigenvalue weighted by Gasteiger charge is -2.09. The lowest BCUT2D eigenvalue weighted by Crippen LogP contribution is -2.30. The third-order valence-corrected chi connectivity index (χ3v) is 4.30. The van der Waals surface area contributed by atoms with Gasteiger partial charge in [0, 0.05) is 5.56 Å². The van der Waals surface area contributed by atoms with Crippen molar-refractivity contribution in [3.8, 4) is 11.1 Å². The average Bonchev–Trinajstić information content (AvgIpc) is 2.72. The quantitative estimate of drug-likeness (QED) is 0.673. The molecule has 0 aromatic heterocycles. The zero-order valence-electron chi connectivity index (χ0n) is 15.1. The van der Waals surface area contributed by atoms with Crippen molar-refractivity contribution in [3.63, 3.8) is 0 Å². The van der Waals surface area contributed by atoms with Crippen LogP contribution in [0.2, 0.25) is 0 Å². The number of carbonyl (C=O) groups excluding carboxylic acids is 2. The minimum Gasteiger partial charge on any atom is -0.459 e. The van der Waals surface area contributed by atoms with E-state index in [2.05, 4.69) is 5.32 Å². The topological polar surface area (TPSA) is 55.4 Å². The zero-order valence-corrected chi connectivity index (χ0v) is 15.1. The van der Waals surface area contributed by atoms with E-state index in [4.69, 9.17) is 4.74 Å². The van der Waals surface area contributed by atoms with Crippen molar-refractivity contribution in [1.82, 2.24) is 5.32 Å². The van der Waals surface area contributed by atoms with Gasteiger partial charge in [-0.1, -0.05) is 66.7 Å². The van der Waals surface area contributed by atoms with E-state index in [1.165, 1.54) is 0 Å². The third-order valence-electron chi connectivity index (χ3n) is 4.30. The van der Waals surface area contributed by atoms with Crippen molar-refractivity contribution in [2.45, 2.75) is 13.5 Å². The highest BCUT2D eigenvalue weighted by atomic mass is 16.5. The SMILES string of the molecule is Cc1ccccc1COC(=O)CNC(=O)c1ccc(-c2ccccc2)cc1. The van der Waals surface area contributed by atoms with E-state index >= 15 is 0 Å². The molecule has 0 spiro atoms. The van der Waals surface area contributed by atoms with Gasteiger partial charge in [-0.15, -0.1) is 0 Å². The maximum atomic E-state index is 12.2. The lowest BCUT2D eigenvalue weighted by atomic mass is 10.0. The van der Waals surface area contributed by atoms with E-state index in [0.717, 1.165) is 22.3 Å². The number of hydrogen-bond donors (Lipinski definition) is 1. The van der Waals surface area contributed by atoms with Crippen LogP contribution in [0.3, 0.4) is 0 Å². The molecule has 0 aliphatic carbocycles. The van der Waals surface area contributed by atoms with E-state index in [-0.39, 0.29) is 19.1 Å². The van der Waals surface area contributed by atoms with Crippen LogP contribution in [0.25, 0.3) is 11.1 Å². The molecule has 0 aliphatic rings. The minimum absolute atomic E-state index is 0.162. The maximum Gasteiger partial charge on any atom is 0.325 e. The molecule has 3 aromatic carbocycles. The monoisotopic (exact) mass is 359 g/mol. The van der Waals surface area contributed by atoms with Gasteiger partial charge in [-0.2, -0.15) is 0 Å². The fourth-order valence-electron chi connectivity index (χ4n) is 2.68. The predicted molar refractivity (Wildman–Crippen MR) is 105 cm³/mol. The molecule has 0 unspecified atom stereocenters. The van der Waals surface area contributed by atoms with E-state index in [9.17, 15) is 9.59 Å². The number of benzene rings is 3. The second kappa shape index (κ2) is 8.81. The number of carbonyl (C=O) groups is 2. The van der Waals surface area contributed by atoms with E-state index < -0.39 is 5.97 Å². The van der Waals surface area contributed by atoms with Crippen molar-refractivity contribution in [2.24, 2.45) is 0 Å². The summed E-state index contributed by atoms with van der Waals surface area (Å²) in [5.41, 5.74) is 4.64. The Hall–Kier alpha value is -3.40. The second-order valence-electron chi connectivity index (χ2n) is 6.21. The maximum absolute atomic E-state index is 12.2. The molecule has 4 heteroatoms. The van der Waals surface area contributed by atoms with Crippen molar-refractivity contribution >= 4 is 11.9 Å². The fourth-order valence-corrected chi connectivity index (χ4v) is 2.68. The normalized spacial score (nSPS) is 10.3. The van der Waals surface area contributed by atoms with Crippen molar-refractivity contribution in [1.29, 1.82) is 0 Å². The molecule has 4 nitrogen and oxygen atoms in total. The van der Waals surface area contributed by atoms with E-state index in [0.29, 0.717) is 5.56 Å². The first-order chi connectivity index (χ1) is 13.1. The Balaban J connectivity index is 1.50. The van der Waals surface area contributed by atoms with Crippen molar-refractivity contribution in [2.75, 3.05) is 6.54 Å². The molecule has 1 amide bonds. The average molecular weight is 359 g/mol. The van der Waals surface area contributed by atoms with E-state index in [1.54, 1.807) is 12.1 Å². The molecule has 0 saturated heterocycles. The van der Waals surface area contributed by atoms with Crippen LogP contribution < -0.4 is 5.32 Å². The number of rotatable bonds is 6. The summed E-state index contributed by atoms with van der Waals surface area (Å²) in [6.07, 6.45) is 0. The van der Waals surface area contributed by atoms with Crippen molar-refractivity contribution in [3.05, 3.63) is 95.6 Å².